The highest BCUT2D eigenvalue weighted by Gasteiger charge is 1.99. The number of likely N-dealkylation sites (N-methyl/N-ethyl adjacent to an activating group) is 1. The summed E-state index contributed by atoms with van der Waals surface area (Å²) in [5, 5.41) is 0. The third-order valence-electron chi connectivity index (χ3n) is 2.54. The van der Waals surface area contributed by atoms with Crippen LogP contribution in [0.25, 0.3) is 0 Å². The molecule has 1 radical (unpaired) electrons. The van der Waals surface area contributed by atoms with Gasteiger partial charge in [-0.1, -0.05) is 30.3 Å². The first kappa shape index (κ1) is 10.9. The molecule has 3 heteroatoms. The lowest BCUT2D eigenvalue weighted by atomic mass is 10.2. The van der Waals surface area contributed by atoms with Crippen molar-refractivity contribution in [2.45, 2.75) is 13.1 Å². The standard InChI is InChI=1S/C13H16N3/c1-15(9-10-16-8-7-14-12-16)11-13-5-3-2-4-6-13/h2-6,8,12H,9-11H2,1H3. The summed E-state index contributed by atoms with van der Waals surface area (Å²) in [6.45, 7) is 2.96. The van der Waals surface area contributed by atoms with Gasteiger partial charge >= 0.3 is 0 Å². The topological polar surface area (TPSA) is 21.1 Å². The van der Waals surface area contributed by atoms with E-state index in [0.29, 0.717) is 0 Å². The van der Waals surface area contributed by atoms with Gasteiger partial charge in [-0.25, -0.2) is 4.98 Å². The van der Waals surface area contributed by atoms with E-state index in [1.165, 1.54) is 5.56 Å². The van der Waals surface area contributed by atoms with Gasteiger partial charge in [0.2, 0.25) is 0 Å². The van der Waals surface area contributed by atoms with Crippen LogP contribution in [0.15, 0.2) is 42.9 Å². The molecule has 0 aliphatic heterocycles. The summed E-state index contributed by atoms with van der Waals surface area (Å²) in [4.78, 5) is 6.20. The van der Waals surface area contributed by atoms with E-state index in [-0.39, 0.29) is 0 Å². The van der Waals surface area contributed by atoms with Gasteiger partial charge < -0.3 is 9.47 Å². The highest BCUT2D eigenvalue weighted by Crippen LogP contribution is 2.02. The van der Waals surface area contributed by atoms with E-state index in [4.69, 9.17) is 0 Å². The van der Waals surface area contributed by atoms with Gasteiger partial charge in [-0.15, -0.1) is 0 Å². The van der Waals surface area contributed by atoms with Crippen molar-refractivity contribution in [2.75, 3.05) is 13.6 Å². The third kappa shape index (κ3) is 3.21. The molecule has 0 fully saturated rings. The lowest BCUT2D eigenvalue weighted by molar-refractivity contribution is 0.311. The molecule has 1 aromatic heterocycles. The van der Waals surface area contributed by atoms with Crippen LogP contribution in [-0.4, -0.2) is 28.0 Å². The summed E-state index contributed by atoms with van der Waals surface area (Å²) >= 11 is 0. The van der Waals surface area contributed by atoms with Crippen LogP contribution in [0.1, 0.15) is 5.56 Å². The Morgan fingerprint density at radius 1 is 1.31 bits per heavy atom. The summed E-state index contributed by atoms with van der Waals surface area (Å²) in [6, 6.07) is 10.5. The Kier molecular flexibility index (Phi) is 3.72. The number of nitrogens with zero attached hydrogens (tertiary/aromatic N) is 3. The maximum Gasteiger partial charge on any atom is 0.108 e. The Hall–Kier alpha value is -1.61. The highest BCUT2D eigenvalue weighted by atomic mass is 15.1. The first-order valence-corrected chi connectivity index (χ1v) is 5.45. The Bertz CT molecular complexity index is 394. The average molecular weight is 214 g/mol. The van der Waals surface area contributed by atoms with Gasteiger partial charge in [0.05, 0.1) is 6.33 Å². The molecule has 0 amide bonds. The number of benzene rings is 1. The Balaban J connectivity index is 1.78. The van der Waals surface area contributed by atoms with Crippen molar-refractivity contribution in [1.82, 2.24) is 14.5 Å². The molecule has 0 saturated carbocycles. The van der Waals surface area contributed by atoms with Crippen molar-refractivity contribution >= 4 is 0 Å². The Morgan fingerprint density at radius 2 is 2.12 bits per heavy atom. The molecule has 16 heavy (non-hydrogen) atoms. The molecule has 0 saturated heterocycles. The summed E-state index contributed by atoms with van der Waals surface area (Å²) in [5.41, 5.74) is 1.35. The van der Waals surface area contributed by atoms with Crippen molar-refractivity contribution in [3.63, 3.8) is 0 Å². The van der Waals surface area contributed by atoms with E-state index in [1.54, 1.807) is 6.33 Å². The van der Waals surface area contributed by atoms with E-state index in [1.807, 2.05) is 16.8 Å². The second-order valence-electron chi connectivity index (χ2n) is 3.96. The Morgan fingerprint density at radius 3 is 2.81 bits per heavy atom. The molecule has 1 heterocycles. The number of aromatic nitrogens is 2. The SMILES string of the molecule is CN(CCn1c[c]nc1)Cc1ccccc1. The second-order valence-corrected chi connectivity index (χ2v) is 3.96. The quantitative estimate of drug-likeness (QED) is 0.757. The zero-order valence-corrected chi connectivity index (χ0v) is 9.50. The highest BCUT2D eigenvalue weighted by molar-refractivity contribution is 5.14. The number of rotatable bonds is 5. The molecule has 2 rings (SSSR count). The smallest absolute Gasteiger partial charge is 0.108 e. The molecular weight excluding hydrogens is 198 g/mol. The van der Waals surface area contributed by atoms with Crippen LogP contribution in [0.3, 0.4) is 0 Å². The first-order chi connectivity index (χ1) is 7.84. The van der Waals surface area contributed by atoms with Gasteiger partial charge in [0.25, 0.3) is 0 Å². The third-order valence-corrected chi connectivity index (χ3v) is 2.54. The van der Waals surface area contributed by atoms with Crippen LogP contribution in [0.5, 0.6) is 0 Å². The normalized spacial score (nSPS) is 10.9. The van der Waals surface area contributed by atoms with Gasteiger partial charge in [-0.05, 0) is 12.6 Å². The molecule has 0 spiro atoms. The molecule has 83 valence electrons. The van der Waals surface area contributed by atoms with Gasteiger partial charge in [-0.3, -0.25) is 0 Å². The average Bonchev–Trinajstić information content (AvgIpc) is 2.81. The van der Waals surface area contributed by atoms with Gasteiger partial charge in [0, 0.05) is 25.8 Å². The van der Waals surface area contributed by atoms with Crippen LogP contribution in [0.2, 0.25) is 0 Å². The van der Waals surface area contributed by atoms with Crippen LogP contribution >= 0.6 is 0 Å². The zero-order valence-electron chi connectivity index (χ0n) is 9.50. The largest absolute Gasteiger partial charge is 0.335 e. The summed E-state index contributed by atoms with van der Waals surface area (Å²) in [7, 11) is 2.13. The minimum absolute atomic E-state index is 0.958. The van der Waals surface area contributed by atoms with Crippen LogP contribution < -0.4 is 0 Å². The van der Waals surface area contributed by atoms with E-state index in [2.05, 4.69) is 47.4 Å². The summed E-state index contributed by atoms with van der Waals surface area (Å²) in [5.74, 6) is 0. The maximum absolute atomic E-state index is 3.90. The minimum atomic E-state index is 0.958. The fourth-order valence-electron chi connectivity index (χ4n) is 1.63. The molecule has 0 N–H and O–H groups in total. The van der Waals surface area contributed by atoms with Crippen LogP contribution in [0.4, 0.5) is 0 Å². The maximum atomic E-state index is 3.90. The number of hydrogen-bond acceptors (Lipinski definition) is 2. The van der Waals surface area contributed by atoms with E-state index >= 15 is 0 Å². The van der Waals surface area contributed by atoms with Crippen LogP contribution in [0, 0.1) is 6.20 Å². The van der Waals surface area contributed by atoms with Crippen LogP contribution in [-0.2, 0) is 13.1 Å². The first-order valence-electron chi connectivity index (χ1n) is 5.45. The molecule has 0 atom stereocenters. The fraction of sp³-hybridized carbons (Fsp3) is 0.308. The molecule has 2 aromatic rings. The van der Waals surface area contributed by atoms with E-state index in [9.17, 15) is 0 Å². The van der Waals surface area contributed by atoms with Crippen molar-refractivity contribution < 1.29 is 0 Å². The second kappa shape index (κ2) is 5.47. The zero-order chi connectivity index (χ0) is 11.2. The number of hydrogen-bond donors (Lipinski definition) is 0. The lowest BCUT2D eigenvalue weighted by Gasteiger charge is -2.16. The molecular formula is C13H16N3. The van der Waals surface area contributed by atoms with Gasteiger partial charge in [0.15, 0.2) is 0 Å². The lowest BCUT2D eigenvalue weighted by Crippen LogP contribution is -2.22. The molecule has 0 unspecified atom stereocenters. The summed E-state index contributed by atoms with van der Waals surface area (Å²) < 4.78 is 2.04. The van der Waals surface area contributed by atoms with Crippen molar-refractivity contribution in [3.05, 3.63) is 54.6 Å². The van der Waals surface area contributed by atoms with Crippen molar-refractivity contribution in [1.29, 1.82) is 0 Å². The molecule has 1 aromatic carbocycles. The van der Waals surface area contributed by atoms with E-state index in [0.717, 1.165) is 19.6 Å². The molecule has 0 aliphatic carbocycles. The Labute approximate surface area is 96.3 Å². The van der Waals surface area contributed by atoms with E-state index < -0.39 is 0 Å². The predicted molar refractivity (Wildman–Crippen MR) is 63.8 cm³/mol. The molecule has 0 bridgehead atoms. The van der Waals surface area contributed by atoms with Crippen molar-refractivity contribution in [2.24, 2.45) is 0 Å². The van der Waals surface area contributed by atoms with Gasteiger partial charge in [-0.2, -0.15) is 0 Å². The molecule has 3 nitrogen and oxygen atoms in total. The van der Waals surface area contributed by atoms with Crippen molar-refractivity contribution in [3.8, 4) is 0 Å². The monoisotopic (exact) mass is 214 g/mol. The fourth-order valence-corrected chi connectivity index (χ4v) is 1.63. The predicted octanol–water partition coefficient (Wildman–Crippen LogP) is 1.82. The summed E-state index contributed by atoms with van der Waals surface area (Å²) in [6.07, 6.45) is 6.47. The molecule has 0 aliphatic rings. The minimum Gasteiger partial charge on any atom is -0.335 e. The number of imidazole rings is 1. The van der Waals surface area contributed by atoms with Gasteiger partial charge in [0.1, 0.15) is 6.20 Å².